The highest BCUT2D eigenvalue weighted by atomic mass is 32.1. The number of hydrogen-bond donors (Lipinski definition) is 0. The molecule has 140 valence electrons. The SMILES string of the molecule is CC(=O)N1CCN(C(=O)c2ccc(-c3cc(C(F)(F)F)n(C)n3)s2)CC1. The first kappa shape index (κ1) is 18.4. The second-order valence-electron chi connectivity index (χ2n) is 6.00. The highest BCUT2D eigenvalue weighted by Gasteiger charge is 2.35. The average molecular weight is 386 g/mol. The molecule has 0 aliphatic carbocycles. The van der Waals surface area contributed by atoms with Crippen LogP contribution in [0, 0.1) is 0 Å². The van der Waals surface area contributed by atoms with E-state index in [0.717, 1.165) is 22.1 Å². The molecule has 0 unspecified atom stereocenters. The van der Waals surface area contributed by atoms with Crippen LogP contribution in [0.2, 0.25) is 0 Å². The Morgan fingerprint density at radius 2 is 1.73 bits per heavy atom. The summed E-state index contributed by atoms with van der Waals surface area (Å²) < 4.78 is 39.5. The number of piperazine rings is 1. The predicted octanol–water partition coefficient (Wildman–Crippen LogP) is 2.47. The third-order valence-electron chi connectivity index (χ3n) is 4.25. The smallest absolute Gasteiger partial charge is 0.339 e. The Kier molecular flexibility index (Phi) is 4.78. The van der Waals surface area contributed by atoms with E-state index >= 15 is 0 Å². The minimum atomic E-state index is -4.48. The van der Waals surface area contributed by atoms with Crippen LogP contribution in [0.4, 0.5) is 13.2 Å². The van der Waals surface area contributed by atoms with Crippen molar-refractivity contribution in [3.8, 4) is 10.6 Å². The van der Waals surface area contributed by atoms with Gasteiger partial charge in [-0.2, -0.15) is 18.3 Å². The number of halogens is 3. The maximum atomic E-state index is 12.9. The Bertz CT molecular complexity index is 835. The highest BCUT2D eigenvalue weighted by molar-refractivity contribution is 7.17. The zero-order valence-electron chi connectivity index (χ0n) is 14.2. The Morgan fingerprint density at radius 1 is 1.12 bits per heavy atom. The third kappa shape index (κ3) is 3.59. The standard InChI is InChI=1S/C16H17F3N4O2S/c1-10(24)22-5-7-23(8-6-22)15(25)13-4-3-12(26-13)11-9-14(16(17,18)19)21(2)20-11/h3-4,9H,5-8H2,1-2H3. The summed E-state index contributed by atoms with van der Waals surface area (Å²) in [5, 5.41) is 3.90. The molecule has 26 heavy (non-hydrogen) atoms. The number of alkyl halides is 3. The third-order valence-corrected chi connectivity index (χ3v) is 5.35. The van der Waals surface area contributed by atoms with Crippen molar-refractivity contribution in [3.05, 3.63) is 28.8 Å². The normalized spacial score (nSPS) is 15.4. The maximum absolute atomic E-state index is 12.9. The number of aryl methyl sites for hydroxylation is 1. The Morgan fingerprint density at radius 3 is 2.27 bits per heavy atom. The lowest BCUT2D eigenvalue weighted by atomic mass is 10.2. The molecule has 2 aromatic rings. The first-order valence-electron chi connectivity index (χ1n) is 7.93. The topological polar surface area (TPSA) is 58.4 Å². The van der Waals surface area contributed by atoms with Crippen molar-refractivity contribution in [1.82, 2.24) is 19.6 Å². The maximum Gasteiger partial charge on any atom is 0.433 e. The van der Waals surface area contributed by atoms with Crippen molar-refractivity contribution >= 4 is 23.2 Å². The predicted molar refractivity (Wildman–Crippen MR) is 89.7 cm³/mol. The Labute approximate surface area is 151 Å². The van der Waals surface area contributed by atoms with E-state index in [2.05, 4.69) is 5.10 Å². The summed E-state index contributed by atoms with van der Waals surface area (Å²) in [5.41, 5.74) is -0.653. The Balaban J connectivity index is 1.74. The van der Waals surface area contributed by atoms with E-state index in [9.17, 15) is 22.8 Å². The van der Waals surface area contributed by atoms with Gasteiger partial charge < -0.3 is 9.80 Å². The second kappa shape index (κ2) is 6.75. The molecular formula is C16H17F3N4O2S. The first-order chi connectivity index (χ1) is 12.2. The molecule has 0 radical (unpaired) electrons. The van der Waals surface area contributed by atoms with Gasteiger partial charge in [-0.1, -0.05) is 0 Å². The first-order valence-corrected chi connectivity index (χ1v) is 8.74. The van der Waals surface area contributed by atoms with Crippen LogP contribution in [-0.4, -0.2) is 57.6 Å². The van der Waals surface area contributed by atoms with E-state index in [1.807, 2.05) is 0 Å². The molecule has 1 aliphatic rings. The van der Waals surface area contributed by atoms with Crippen molar-refractivity contribution in [2.45, 2.75) is 13.1 Å². The van der Waals surface area contributed by atoms with Crippen molar-refractivity contribution in [1.29, 1.82) is 0 Å². The van der Waals surface area contributed by atoms with Gasteiger partial charge in [0.05, 0.1) is 9.75 Å². The molecule has 1 saturated heterocycles. The van der Waals surface area contributed by atoms with Crippen LogP contribution >= 0.6 is 11.3 Å². The fraction of sp³-hybridized carbons (Fsp3) is 0.438. The summed E-state index contributed by atoms with van der Waals surface area (Å²) in [6.07, 6.45) is -4.48. The molecule has 0 aromatic carbocycles. The number of amides is 2. The summed E-state index contributed by atoms with van der Waals surface area (Å²) in [6.45, 7) is 3.33. The molecule has 2 aromatic heterocycles. The summed E-state index contributed by atoms with van der Waals surface area (Å²) in [4.78, 5) is 28.2. The van der Waals surface area contributed by atoms with Gasteiger partial charge in [0.25, 0.3) is 5.91 Å². The fourth-order valence-corrected chi connectivity index (χ4v) is 3.75. The molecule has 0 atom stereocenters. The van der Waals surface area contributed by atoms with Gasteiger partial charge >= 0.3 is 6.18 Å². The lowest BCUT2D eigenvalue weighted by Gasteiger charge is -2.33. The molecular weight excluding hydrogens is 369 g/mol. The van der Waals surface area contributed by atoms with E-state index in [-0.39, 0.29) is 17.5 Å². The van der Waals surface area contributed by atoms with E-state index in [4.69, 9.17) is 0 Å². The molecule has 0 N–H and O–H groups in total. The fourth-order valence-electron chi connectivity index (χ4n) is 2.82. The molecule has 0 spiro atoms. The van der Waals surface area contributed by atoms with Gasteiger partial charge in [0.15, 0.2) is 0 Å². The molecule has 1 fully saturated rings. The number of rotatable bonds is 2. The molecule has 2 amide bonds. The number of carbonyl (C=O) groups is 2. The lowest BCUT2D eigenvalue weighted by molar-refractivity contribution is -0.143. The number of hydrogen-bond acceptors (Lipinski definition) is 4. The Hall–Kier alpha value is -2.36. The van der Waals surface area contributed by atoms with Crippen LogP contribution in [0.3, 0.4) is 0 Å². The van der Waals surface area contributed by atoms with Gasteiger partial charge in [0, 0.05) is 40.2 Å². The van der Waals surface area contributed by atoms with Crippen LogP contribution in [0.1, 0.15) is 22.3 Å². The van der Waals surface area contributed by atoms with Gasteiger partial charge in [0.1, 0.15) is 11.4 Å². The number of aromatic nitrogens is 2. The number of nitrogens with zero attached hydrogens (tertiary/aromatic N) is 4. The van der Waals surface area contributed by atoms with E-state index in [1.54, 1.807) is 21.9 Å². The average Bonchev–Trinajstić information content (AvgIpc) is 3.20. The van der Waals surface area contributed by atoms with Gasteiger partial charge in [-0.15, -0.1) is 11.3 Å². The van der Waals surface area contributed by atoms with E-state index < -0.39 is 11.9 Å². The van der Waals surface area contributed by atoms with Crippen molar-refractivity contribution in [2.24, 2.45) is 7.05 Å². The van der Waals surface area contributed by atoms with Gasteiger partial charge in [-0.3, -0.25) is 14.3 Å². The lowest BCUT2D eigenvalue weighted by Crippen LogP contribution is -2.49. The largest absolute Gasteiger partial charge is 0.433 e. The van der Waals surface area contributed by atoms with Gasteiger partial charge in [0.2, 0.25) is 5.91 Å². The van der Waals surface area contributed by atoms with Crippen molar-refractivity contribution in [2.75, 3.05) is 26.2 Å². The summed E-state index contributed by atoms with van der Waals surface area (Å²) >= 11 is 1.11. The molecule has 0 bridgehead atoms. The number of carbonyl (C=O) groups excluding carboxylic acids is 2. The molecule has 6 nitrogen and oxygen atoms in total. The van der Waals surface area contributed by atoms with Crippen molar-refractivity contribution in [3.63, 3.8) is 0 Å². The van der Waals surface area contributed by atoms with Gasteiger partial charge in [-0.05, 0) is 18.2 Å². The van der Waals surface area contributed by atoms with Crippen molar-refractivity contribution < 1.29 is 22.8 Å². The summed E-state index contributed by atoms with van der Waals surface area (Å²) in [6, 6.07) is 4.18. The minimum absolute atomic E-state index is 0.0221. The van der Waals surface area contributed by atoms with E-state index in [1.165, 1.54) is 14.0 Å². The monoisotopic (exact) mass is 386 g/mol. The highest BCUT2D eigenvalue weighted by Crippen LogP contribution is 2.34. The van der Waals surface area contributed by atoms with Crippen LogP contribution in [0.25, 0.3) is 10.6 Å². The van der Waals surface area contributed by atoms with E-state index in [0.29, 0.717) is 35.9 Å². The summed E-state index contributed by atoms with van der Waals surface area (Å²) in [5.74, 6) is -0.206. The molecule has 3 heterocycles. The van der Waals surface area contributed by atoms with Crippen LogP contribution in [0.15, 0.2) is 18.2 Å². The quantitative estimate of drug-likeness (QED) is 0.797. The molecule has 0 saturated carbocycles. The van der Waals surface area contributed by atoms with Crippen LogP contribution < -0.4 is 0 Å². The molecule has 1 aliphatic heterocycles. The zero-order valence-corrected chi connectivity index (χ0v) is 15.0. The molecule has 10 heteroatoms. The second-order valence-corrected chi connectivity index (χ2v) is 7.08. The van der Waals surface area contributed by atoms with Crippen LogP contribution in [0.5, 0.6) is 0 Å². The minimum Gasteiger partial charge on any atom is -0.339 e. The van der Waals surface area contributed by atoms with Gasteiger partial charge in [-0.25, -0.2) is 0 Å². The van der Waals surface area contributed by atoms with Crippen LogP contribution in [-0.2, 0) is 18.0 Å². The summed E-state index contributed by atoms with van der Waals surface area (Å²) in [7, 11) is 1.24. The molecule has 3 rings (SSSR count). The number of thiophene rings is 1. The zero-order chi connectivity index (χ0) is 19.1.